The van der Waals surface area contributed by atoms with Crippen LogP contribution >= 0.6 is 0 Å². The van der Waals surface area contributed by atoms with E-state index < -0.39 is 0 Å². The summed E-state index contributed by atoms with van der Waals surface area (Å²) in [7, 11) is 0. The molecule has 9 heteroatoms. The molecule has 1 saturated heterocycles. The van der Waals surface area contributed by atoms with Gasteiger partial charge >= 0.3 is 0 Å². The first-order valence-corrected chi connectivity index (χ1v) is 10.6. The molecule has 3 aromatic carbocycles. The highest BCUT2D eigenvalue weighted by atomic mass is 19.1. The van der Waals surface area contributed by atoms with Crippen LogP contribution in [0.3, 0.4) is 0 Å². The Kier molecular flexibility index (Phi) is 6.03. The van der Waals surface area contributed by atoms with Gasteiger partial charge in [0.2, 0.25) is 17.8 Å². The van der Waals surface area contributed by atoms with Crippen LogP contribution in [0.4, 0.5) is 27.9 Å². The Bertz CT molecular complexity index is 1270. The molecule has 0 saturated carbocycles. The van der Waals surface area contributed by atoms with Crippen molar-refractivity contribution in [1.82, 2.24) is 15.0 Å². The summed E-state index contributed by atoms with van der Waals surface area (Å²) in [6, 6.07) is 20.3. The molecular weight excluding hydrogens is 421 g/mol. The van der Waals surface area contributed by atoms with Crippen LogP contribution in [-0.2, 0) is 4.74 Å². The van der Waals surface area contributed by atoms with Gasteiger partial charge in [0, 0.05) is 18.8 Å². The summed E-state index contributed by atoms with van der Waals surface area (Å²) in [6.07, 6.45) is 1.72. The molecule has 0 amide bonds. The Hall–Kier alpha value is -4.11. The van der Waals surface area contributed by atoms with E-state index in [0.29, 0.717) is 49.8 Å². The molecule has 166 valence electrons. The smallest absolute Gasteiger partial charge is 0.250 e. The monoisotopic (exact) mass is 443 g/mol. The number of anilines is 4. The summed E-state index contributed by atoms with van der Waals surface area (Å²) >= 11 is 0. The maximum absolute atomic E-state index is 13.2. The number of hydrazone groups is 1. The molecule has 33 heavy (non-hydrogen) atoms. The highest BCUT2D eigenvalue weighted by Gasteiger charge is 2.16. The predicted molar refractivity (Wildman–Crippen MR) is 128 cm³/mol. The number of nitrogens with zero attached hydrogens (tertiary/aromatic N) is 5. The minimum Gasteiger partial charge on any atom is -0.378 e. The summed E-state index contributed by atoms with van der Waals surface area (Å²) in [5.74, 6) is 0.839. The lowest BCUT2D eigenvalue weighted by Gasteiger charge is -2.27. The molecule has 1 fully saturated rings. The Morgan fingerprint density at radius 1 is 0.879 bits per heavy atom. The number of nitrogens with one attached hydrogen (secondary N) is 2. The number of morpholine rings is 1. The molecule has 0 bridgehead atoms. The topological polar surface area (TPSA) is 87.6 Å². The lowest BCUT2D eigenvalue weighted by molar-refractivity contribution is 0.122. The van der Waals surface area contributed by atoms with Crippen LogP contribution in [0.1, 0.15) is 5.56 Å². The highest BCUT2D eigenvalue weighted by Crippen LogP contribution is 2.19. The molecule has 4 aromatic rings. The zero-order chi connectivity index (χ0) is 22.5. The van der Waals surface area contributed by atoms with E-state index in [4.69, 9.17) is 4.74 Å². The first-order valence-electron chi connectivity index (χ1n) is 10.6. The van der Waals surface area contributed by atoms with Gasteiger partial charge in [0.1, 0.15) is 5.82 Å². The Labute approximate surface area is 190 Å². The minimum absolute atomic E-state index is 0.299. The van der Waals surface area contributed by atoms with E-state index in [0.717, 1.165) is 10.9 Å². The van der Waals surface area contributed by atoms with Crippen molar-refractivity contribution in [3.8, 4) is 0 Å². The minimum atomic E-state index is -0.310. The highest BCUT2D eigenvalue weighted by molar-refractivity contribution is 5.90. The van der Waals surface area contributed by atoms with Gasteiger partial charge < -0.3 is 15.0 Å². The van der Waals surface area contributed by atoms with Gasteiger partial charge in [-0.25, -0.2) is 9.82 Å². The normalized spacial score (nSPS) is 14.0. The van der Waals surface area contributed by atoms with E-state index in [9.17, 15) is 4.39 Å². The number of benzene rings is 3. The number of fused-ring (bicyclic) bond motifs is 1. The standard InChI is InChI=1S/C24H22FN7O/c25-20-7-9-21(10-8-20)27-22-28-23(30-24(29-22)32-11-13-33-14-12-32)31-26-16-17-5-6-18-3-1-2-4-19(18)15-17/h1-10,15-16H,11-14H2,(H2,27,28,29,30,31)/b26-16+. The van der Waals surface area contributed by atoms with Crippen molar-refractivity contribution in [3.05, 3.63) is 78.1 Å². The third kappa shape index (κ3) is 5.21. The maximum Gasteiger partial charge on any atom is 0.250 e. The second-order valence-electron chi connectivity index (χ2n) is 7.49. The molecule has 0 unspecified atom stereocenters. The zero-order valence-corrected chi connectivity index (χ0v) is 17.8. The van der Waals surface area contributed by atoms with Crippen molar-refractivity contribution >= 4 is 40.5 Å². The zero-order valence-electron chi connectivity index (χ0n) is 17.8. The average Bonchev–Trinajstić information content (AvgIpc) is 2.86. The van der Waals surface area contributed by atoms with Crippen LogP contribution in [0.2, 0.25) is 0 Å². The van der Waals surface area contributed by atoms with Gasteiger partial charge in [0.25, 0.3) is 0 Å². The summed E-state index contributed by atoms with van der Waals surface area (Å²) in [5, 5.41) is 9.73. The number of hydrogen-bond acceptors (Lipinski definition) is 8. The average molecular weight is 443 g/mol. The molecule has 8 nitrogen and oxygen atoms in total. The van der Waals surface area contributed by atoms with Gasteiger partial charge in [-0.05, 0) is 46.7 Å². The summed E-state index contributed by atoms with van der Waals surface area (Å²) < 4.78 is 18.7. The molecular formula is C24H22FN7O. The van der Waals surface area contributed by atoms with Crippen molar-refractivity contribution in [2.24, 2.45) is 5.10 Å². The molecule has 1 aliphatic rings. The Morgan fingerprint density at radius 3 is 2.45 bits per heavy atom. The molecule has 5 rings (SSSR count). The lowest BCUT2D eigenvalue weighted by Crippen LogP contribution is -2.37. The fourth-order valence-electron chi connectivity index (χ4n) is 3.49. The van der Waals surface area contributed by atoms with E-state index in [1.165, 1.54) is 17.5 Å². The van der Waals surface area contributed by atoms with E-state index in [1.54, 1.807) is 18.3 Å². The molecule has 0 spiro atoms. The van der Waals surface area contributed by atoms with Gasteiger partial charge in [0.15, 0.2) is 0 Å². The Morgan fingerprint density at radius 2 is 1.64 bits per heavy atom. The maximum atomic E-state index is 13.2. The van der Waals surface area contributed by atoms with Crippen molar-refractivity contribution in [2.75, 3.05) is 41.9 Å². The summed E-state index contributed by atoms with van der Waals surface area (Å²) in [5.41, 5.74) is 4.53. The van der Waals surface area contributed by atoms with E-state index >= 15 is 0 Å². The number of ether oxygens (including phenoxy) is 1. The number of rotatable bonds is 6. The second kappa shape index (κ2) is 9.58. The van der Waals surface area contributed by atoms with Crippen LogP contribution in [0, 0.1) is 5.82 Å². The van der Waals surface area contributed by atoms with Crippen LogP contribution in [0.25, 0.3) is 10.8 Å². The van der Waals surface area contributed by atoms with Crippen molar-refractivity contribution in [1.29, 1.82) is 0 Å². The third-order valence-corrected chi connectivity index (χ3v) is 5.17. The quantitative estimate of drug-likeness (QED) is 0.341. The molecule has 0 radical (unpaired) electrons. The van der Waals surface area contributed by atoms with Gasteiger partial charge in [0.05, 0.1) is 19.4 Å². The fraction of sp³-hybridized carbons (Fsp3) is 0.167. The van der Waals surface area contributed by atoms with Gasteiger partial charge in [-0.1, -0.05) is 36.4 Å². The predicted octanol–water partition coefficient (Wildman–Crippen LogP) is 4.19. The lowest BCUT2D eigenvalue weighted by atomic mass is 10.1. The largest absolute Gasteiger partial charge is 0.378 e. The number of aromatic nitrogens is 3. The Balaban J connectivity index is 1.38. The summed E-state index contributed by atoms with van der Waals surface area (Å²) in [6.45, 7) is 2.57. The SMILES string of the molecule is Fc1ccc(Nc2nc(N/N=C/c3ccc4ccccc4c3)nc(N3CCOCC3)n2)cc1. The summed E-state index contributed by atoms with van der Waals surface area (Å²) in [4.78, 5) is 15.5. The first-order chi connectivity index (χ1) is 16.2. The van der Waals surface area contributed by atoms with Gasteiger partial charge in [-0.2, -0.15) is 20.1 Å². The first kappa shape index (κ1) is 20.8. The molecule has 0 aliphatic carbocycles. The van der Waals surface area contributed by atoms with Crippen LogP contribution < -0.4 is 15.6 Å². The molecule has 1 aliphatic heterocycles. The van der Waals surface area contributed by atoms with E-state index in [-0.39, 0.29) is 5.82 Å². The fourth-order valence-corrected chi connectivity index (χ4v) is 3.49. The van der Waals surface area contributed by atoms with Crippen molar-refractivity contribution in [3.63, 3.8) is 0 Å². The van der Waals surface area contributed by atoms with Gasteiger partial charge in [-0.3, -0.25) is 0 Å². The number of hydrogen-bond donors (Lipinski definition) is 2. The van der Waals surface area contributed by atoms with E-state index in [2.05, 4.69) is 55.1 Å². The van der Waals surface area contributed by atoms with E-state index in [1.807, 2.05) is 23.1 Å². The van der Waals surface area contributed by atoms with Crippen molar-refractivity contribution < 1.29 is 9.13 Å². The molecule has 2 heterocycles. The third-order valence-electron chi connectivity index (χ3n) is 5.17. The number of halogens is 1. The molecule has 0 atom stereocenters. The molecule has 2 N–H and O–H groups in total. The van der Waals surface area contributed by atoms with Crippen LogP contribution in [-0.4, -0.2) is 47.5 Å². The van der Waals surface area contributed by atoms with Gasteiger partial charge in [-0.15, -0.1) is 0 Å². The molecule has 1 aromatic heterocycles. The van der Waals surface area contributed by atoms with Crippen LogP contribution in [0.5, 0.6) is 0 Å². The second-order valence-corrected chi connectivity index (χ2v) is 7.49. The van der Waals surface area contributed by atoms with Crippen molar-refractivity contribution in [2.45, 2.75) is 0 Å². The van der Waals surface area contributed by atoms with Crippen LogP contribution in [0.15, 0.2) is 71.8 Å².